The standard InChI is InChI=1S/C27H31N3O/c1-27(2,28)18-24(19-9-5-3-6-10-19)26(31)30-22-14-13-20-15-16-29-25(23(20)17-22)21-11-7-4-8-12-21/h3-14,17,24-25,29H,15-16,18,28H2,1-2H3,(H,30,31). The molecule has 1 aliphatic heterocycles. The van der Waals surface area contributed by atoms with Crippen molar-refractivity contribution in [3.63, 3.8) is 0 Å². The molecule has 4 nitrogen and oxygen atoms in total. The van der Waals surface area contributed by atoms with E-state index in [0.29, 0.717) is 6.42 Å². The molecule has 160 valence electrons. The molecule has 3 aromatic rings. The maximum Gasteiger partial charge on any atom is 0.231 e. The first kappa shape index (κ1) is 21.3. The van der Waals surface area contributed by atoms with Crippen LogP contribution < -0.4 is 16.4 Å². The second kappa shape index (κ2) is 9.04. The van der Waals surface area contributed by atoms with Crippen LogP contribution in [0.25, 0.3) is 0 Å². The molecule has 4 rings (SSSR count). The van der Waals surface area contributed by atoms with Gasteiger partial charge in [0.05, 0.1) is 12.0 Å². The van der Waals surface area contributed by atoms with Gasteiger partial charge in [-0.15, -0.1) is 0 Å². The predicted molar refractivity (Wildman–Crippen MR) is 127 cm³/mol. The van der Waals surface area contributed by atoms with Gasteiger partial charge in [-0.3, -0.25) is 4.79 Å². The third kappa shape index (κ3) is 5.22. The first-order valence-electron chi connectivity index (χ1n) is 11.0. The molecule has 0 bridgehead atoms. The minimum Gasteiger partial charge on any atom is -0.326 e. The zero-order valence-corrected chi connectivity index (χ0v) is 18.3. The molecule has 2 unspecified atom stereocenters. The van der Waals surface area contributed by atoms with E-state index in [4.69, 9.17) is 5.73 Å². The molecule has 0 aliphatic carbocycles. The highest BCUT2D eigenvalue weighted by molar-refractivity contribution is 5.96. The Morgan fingerprint density at radius 1 is 1.06 bits per heavy atom. The molecule has 0 aromatic heterocycles. The van der Waals surface area contributed by atoms with Crippen LogP contribution in [0.1, 0.15) is 54.5 Å². The summed E-state index contributed by atoms with van der Waals surface area (Å²) in [7, 11) is 0. The van der Waals surface area contributed by atoms with E-state index >= 15 is 0 Å². The van der Waals surface area contributed by atoms with Gasteiger partial charge in [-0.1, -0.05) is 66.7 Å². The number of nitrogens with one attached hydrogen (secondary N) is 2. The average molecular weight is 414 g/mol. The Morgan fingerprint density at radius 3 is 2.42 bits per heavy atom. The number of carbonyl (C=O) groups is 1. The van der Waals surface area contributed by atoms with Crippen molar-refractivity contribution in [1.29, 1.82) is 0 Å². The van der Waals surface area contributed by atoms with Gasteiger partial charge in [0.2, 0.25) is 5.91 Å². The fraction of sp³-hybridized carbons (Fsp3) is 0.296. The summed E-state index contributed by atoms with van der Waals surface area (Å²) in [5.41, 5.74) is 11.4. The SMILES string of the molecule is CC(C)(N)CC(C(=O)Nc1ccc2c(c1)C(c1ccccc1)NCC2)c1ccccc1. The van der Waals surface area contributed by atoms with Gasteiger partial charge in [0, 0.05) is 17.8 Å². The molecule has 0 saturated carbocycles. The van der Waals surface area contributed by atoms with E-state index in [1.54, 1.807) is 0 Å². The molecule has 0 saturated heterocycles. The Labute approximate surface area is 184 Å². The highest BCUT2D eigenvalue weighted by atomic mass is 16.1. The Bertz CT molecular complexity index is 1030. The zero-order chi connectivity index (χ0) is 21.8. The number of rotatable bonds is 6. The predicted octanol–water partition coefficient (Wildman–Crippen LogP) is 4.77. The molecular formula is C27H31N3O. The summed E-state index contributed by atoms with van der Waals surface area (Å²) in [6.45, 7) is 4.87. The van der Waals surface area contributed by atoms with Gasteiger partial charge in [-0.25, -0.2) is 0 Å². The molecule has 2 atom stereocenters. The number of fused-ring (bicyclic) bond motifs is 1. The zero-order valence-electron chi connectivity index (χ0n) is 18.3. The van der Waals surface area contributed by atoms with Crippen molar-refractivity contribution >= 4 is 11.6 Å². The Kier molecular flexibility index (Phi) is 6.21. The smallest absolute Gasteiger partial charge is 0.231 e. The Balaban J connectivity index is 1.61. The second-order valence-corrected chi connectivity index (χ2v) is 9.11. The van der Waals surface area contributed by atoms with Crippen LogP contribution >= 0.6 is 0 Å². The van der Waals surface area contributed by atoms with E-state index in [1.165, 1.54) is 16.7 Å². The molecule has 4 heteroatoms. The summed E-state index contributed by atoms with van der Waals surface area (Å²) >= 11 is 0. The van der Waals surface area contributed by atoms with Gasteiger partial charge in [-0.05, 0) is 61.1 Å². The number of benzene rings is 3. The summed E-state index contributed by atoms with van der Waals surface area (Å²) in [5, 5.41) is 6.79. The molecule has 0 fully saturated rings. The van der Waals surface area contributed by atoms with Gasteiger partial charge >= 0.3 is 0 Å². The van der Waals surface area contributed by atoms with Crippen molar-refractivity contribution in [2.24, 2.45) is 5.73 Å². The number of amides is 1. The number of anilines is 1. The molecule has 4 N–H and O–H groups in total. The maximum absolute atomic E-state index is 13.3. The van der Waals surface area contributed by atoms with E-state index in [0.717, 1.165) is 24.2 Å². The lowest BCUT2D eigenvalue weighted by molar-refractivity contribution is -0.118. The number of nitrogens with two attached hydrogens (primary N) is 1. The van der Waals surface area contributed by atoms with Crippen LogP contribution in [0.5, 0.6) is 0 Å². The molecular weight excluding hydrogens is 382 g/mol. The summed E-state index contributed by atoms with van der Waals surface area (Å²) in [6, 6.07) is 26.8. The Morgan fingerprint density at radius 2 is 1.74 bits per heavy atom. The summed E-state index contributed by atoms with van der Waals surface area (Å²) < 4.78 is 0. The van der Waals surface area contributed by atoms with E-state index in [1.807, 2.05) is 56.3 Å². The van der Waals surface area contributed by atoms with Crippen molar-refractivity contribution in [2.45, 2.75) is 44.2 Å². The van der Waals surface area contributed by atoms with Gasteiger partial charge in [0.15, 0.2) is 0 Å². The van der Waals surface area contributed by atoms with Gasteiger partial charge in [-0.2, -0.15) is 0 Å². The van der Waals surface area contributed by atoms with Crippen LogP contribution in [0.4, 0.5) is 5.69 Å². The fourth-order valence-corrected chi connectivity index (χ4v) is 4.38. The Hall–Kier alpha value is -2.95. The monoisotopic (exact) mass is 413 g/mol. The third-order valence-electron chi connectivity index (χ3n) is 5.85. The van der Waals surface area contributed by atoms with E-state index in [9.17, 15) is 4.79 Å². The summed E-state index contributed by atoms with van der Waals surface area (Å²) in [6.07, 6.45) is 1.56. The quantitative estimate of drug-likeness (QED) is 0.545. The van der Waals surface area contributed by atoms with Crippen LogP contribution in [0.15, 0.2) is 78.9 Å². The van der Waals surface area contributed by atoms with Crippen molar-refractivity contribution in [3.05, 3.63) is 101 Å². The number of hydrogen-bond acceptors (Lipinski definition) is 3. The van der Waals surface area contributed by atoms with Crippen molar-refractivity contribution < 1.29 is 4.79 Å². The van der Waals surface area contributed by atoms with Crippen molar-refractivity contribution in [3.8, 4) is 0 Å². The van der Waals surface area contributed by atoms with Crippen molar-refractivity contribution in [2.75, 3.05) is 11.9 Å². The fourth-order valence-electron chi connectivity index (χ4n) is 4.38. The second-order valence-electron chi connectivity index (χ2n) is 9.11. The summed E-state index contributed by atoms with van der Waals surface area (Å²) in [4.78, 5) is 13.3. The minimum absolute atomic E-state index is 0.0234. The largest absolute Gasteiger partial charge is 0.326 e. The highest BCUT2D eigenvalue weighted by Crippen LogP contribution is 2.32. The average Bonchev–Trinajstić information content (AvgIpc) is 2.77. The topological polar surface area (TPSA) is 67.2 Å². The lowest BCUT2D eigenvalue weighted by atomic mass is 9.85. The van der Waals surface area contributed by atoms with E-state index in [2.05, 4.69) is 47.0 Å². The van der Waals surface area contributed by atoms with Crippen LogP contribution in [-0.2, 0) is 11.2 Å². The van der Waals surface area contributed by atoms with Gasteiger partial charge in [0.25, 0.3) is 0 Å². The molecule has 1 amide bonds. The maximum atomic E-state index is 13.3. The lowest BCUT2D eigenvalue weighted by Crippen LogP contribution is -2.37. The normalized spacial score (nSPS) is 16.9. The van der Waals surface area contributed by atoms with Crippen LogP contribution in [0.3, 0.4) is 0 Å². The minimum atomic E-state index is -0.448. The molecule has 1 heterocycles. The number of carbonyl (C=O) groups excluding carboxylic acids is 1. The van der Waals surface area contributed by atoms with Crippen LogP contribution in [0, 0.1) is 0 Å². The van der Waals surface area contributed by atoms with Gasteiger partial charge < -0.3 is 16.4 Å². The van der Waals surface area contributed by atoms with E-state index < -0.39 is 5.54 Å². The van der Waals surface area contributed by atoms with E-state index in [-0.39, 0.29) is 17.9 Å². The molecule has 31 heavy (non-hydrogen) atoms. The lowest BCUT2D eigenvalue weighted by Gasteiger charge is -2.29. The van der Waals surface area contributed by atoms with Crippen LogP contribution in [0.2, 0.25) is 0 Å². The third-order valence-corrected chi connectivity index (χ3v) is 5.85. The highest BCUT2D eigenvalue weighted by Gasteiger charge is 2.27. The molecule has 0 spiro atoms. The molecule has 3 aromatic carbocycles. The molecule has 1 aliphatic rings. The van der Waals surface area contributed by atoms with Crippen molar-refractivity contribution in [1.82, 2.24) is 5.32 Å². The first-order chi connectivity index (χ1) is 14.9. The first-order valence-corrected chi connectivity index (χ1v) is 11.0. The van der Waals surface area contributed by atoms with Crippen LogP contribution in [-0.4, -0.2) is 18.0 Å². The molecule has 0 radical (unpaired) electrons. The van der Waals surface area contributed by atoms with Gasteiger partial charge in [0.1, 0.15) is 0 Å². The number of hydrogen-bond donors (Lipinski definition) is 3. The summed E-state index contributed by atoms with van der Waals surface area (Å²) in [5.74, 6) is -0.329.